The Balaban J connectivity index is 1.74. The van der Waals surface area contributed by atoms with E-state index < -0.39 is 0 Å². The second-order valence-corrected chi connectivity index (χ2v) is 5.64. The van der Waals surface area contributed by atoms with Gasteiger partial charge in [-0.2, -0.15) is 0 Å². The molecule has 2 rings (SSSR count). The predicted octanol–water partition coefficient (Wildman–Crippen LogP) is 3.27. The molecular weight excluding hydrogens is 262 g/mol. The molecule has 1 fully saturated rings. The van der Waals surface area contributed by atoms with Crippen molar-refractivity contribution in [1.29, 1.82) is 0 Å². The van der Waals surface area contributed by atoms with Crippen molar-refractivity contribution in [1.82, 2.24) is 5.32 Å². The van der Waals surface area contributed by atoms with Crippen molar-refractivity contribution in [2.75, 3.05) is 6.61 Å². The SMILES string of the molecule is CCC1C(C)CC1NC(=O)COc1ccc(Cl)cc1. The van der Waals surface area contributed by atoms with Crippen LogP contribution in [-0.4, -0.2) is 18.6 Å². The van der Waals surface area contributed by atoms with E-state index in [0.29, 0.717) is 28.6 Å². The third kappa shape index (κ3) is 3.63. The highest BCUT2D eigenvalue weighted by molar-refractivity contribution is 6.30. The van der Waals surface area contributed by atoms with Crippen LogP contribution in [0.15, 0.2) is 24.3 Å². The third-order valence-corrected chi connectivity index (χ3v) is 4.13. The highest BCUT2D eigenvalue weighted by atomic mass is 35.5. The van der Waals surface area contributed by atoms with Crippen LogP contribution in [0.1, 0.15) is 26.7 Å². The number of hydrogen-bond acceptors (Lipinski definition) is 2. The van der Waals surface area contributed by atoms with E-state index in [0.717, 1.165) is 12.8 Å². The first-order chi connectivity index (χ1) is 9.10. The van der Waals surface area contributed by atoms with Gasteiger partial charge in [0.15, 0.2) is 6.61 Å². The highest BCUT2D eigenvalue weighted by Crippen LogP contribution is 2.36. The first-order valence-electron chi connectivity index (χ1n) is 6.78. The molecule has 0 saturated heterocycles. The molecule has 104 valence electrons. The molecule has 0 bridgehead atoms. The van der Waals surface area contributed by atoms with E-state index in [2.05, 4.69) is 19.2 Å². The normalized spacial score (nSPS) is 25.5. The molecule has 1 saturated carbocycles. The van der Waals surface area contributed by atoms with Crippen molar-refractivity contribution in [3.05, 3.63) is 29.3 Å². The molecule has 1 aromatic carbocycles. The molecule has 19 heavy (non-hydrogen) atoms. The van der Waals surface area contributed by atoms with Crippen LogP contribution in [0.2, 0.25) is 5.02 Å². The lowest BCUT2D eigenvalue weighted by Gasteiger charge is -2.43. The van der Waals surface area contributed by atoms with Crippen molar-refractivity contribution in [2.24, 2.45) is 11.8 Å². The van der Waals surface area contributed by atoms with Gasteiger partial charge in [-0.1, -0.05) is 31.9 Å². The summed E-state index contributed by atoms with van der Waals surface area (Å²) in [5, 5.41) is 3.70. The smallest absolute Gasteiger partial charge is 0.258 e. The topological polar surface area (TPSA) is 38.3 Å². The fraction of sp³-hybridized carbons (Fsp3) is 0.533. The van der Waals surface area contributed by atoms with E-state index in [1.165, 1.54) is 0 Å². The molecule has 1 aromatic rings. The van der Waals surface area contributed by atoms with Crippen LogP contribution in [0.4, 0.5) is 0 Å². The van der Waals surface area contributed by atoms with Crippen molar-refractivity contribution in [3.63, 3.8) is 0 Å². The summed E-state index contributed by atoms with van der Waals surface area (Å²) < 4.78 is 5.42. The minimum absolute atomic E-state index is 0.0506. The summed E-state index contributed by atoms with van der Waals surface area (Å²) in [6, 6.07) is 7.33. The Morgan fingerprint density at radius 1 is 1.42 bits per heavy atom. The zero-order valence-electron chi connectivity index (χ0n) is 11.4. The first-order valence-corrected chi connectivity index (χ1v) is 7.15. The Hall–Kier alpha value is -1.22. The van der Waals surface area contributed by atoms with Gasteiger partial charge in [0.2, 0.25) is 0 Å². The fourth-order valence-electron chi connectivity index (χ4n) is 2.73. The van der Waals surface area contributed by atoms with Crippen LogP contribution in [-0.2, 0) is 4.79 Å². The number of hydrogen-bond donors (Lipinski definition) is 1. The van der Waals surface area contributed by atoms with Crippen LogP contribution >= 0.6 is 11.6 Å². The van der Waals surface area contributed by atoms with E-state index in [1.807, 2.05) is 0 Å². The molecule has 3 atom stereocenters. The molecule has 4 heteroatoms. The lowest BCUT2D eigenvalue weighted by molar-refractivity contribution is -0.125. The second kappa shape index (κ2) is 6.29. The Labute approximate surface area is 119 Å². The van der Waals surface area contributed by atoms with Crippen LogP contribution < -0.4 is 10.1 Å². The molecular formula is C15H20ClNO2. The van der Waals surface area contributed by atoms with Gasteiger partial charge in [-0.3, -0.25) is 4.79 Å². The minimum Gasteiger partial charge on any atom is -0.484 e. The number of carbonyl (C=O) groups excluding carboxylic acids is 1. The Morgan fingerprint density at radius 2 is 2.11 bits per heavy atom. The average Bonchev–Trinajstić information content (AvgIpc) is 2.38. The summed E-state index contributed by atoms with van der Waals surface area (Å²) in [5.41, 5.74) is 0. The summed E-state index contributed by atoms with van der Waals surface area (Å²) in [5.74, 6) is 1.94. The van der Waals surface area contributed by atoms with Crippen LogP contribution in [0, 0.1) is 11.8 Å². The predicted molar refractivity (Wildman–Crippen MR) is 76.4 cm³/mol. The summed E-state index contributed by atoms with van der Waals surface area (Å²) in [6.45, 7) is 4.47. The van der Waals surface area contributed by atoms with Gasteiger partial charge >= 0.3 is 0 Å². The van der Waals surface area contributed by atoms with E-state index in [1.54, 1.807) is 24.3 Å². The van der Waals surface area contributed by atoms with Gasteiger partial charge in [-0.05, 0) is 42.5 Å². The number of amides is 1. The average molecular weight is 282 g/mol. The number of benzene rings is 1. The quantitative estimate of drug-likeness (QED) is 0.899. The molecule has 0 aliphatic heterocycles. The molecule has 0 aromatic heterocycles. The van der Waals surface area contributed by atoms with Gasteiger partial charge in [-0.25, -0.2) is 0 Å². The Kier molecular flexibility index (Phi) is 4.70. The number of ether oxygens (including phenoxy) is 1. The molecule has 0 radical (unpaired) electrons. The van der Waals surface area contributed by atoms with E-state index in [4.69, 9.17) is 16.3 Å². The first kappa shape index (κ1) is 14.2. The summed E-state index contributed by atoms with van der Waals surface area (Å²) in [6.07, 6.45) is 2.19. The van der Waals surface area contributed by atoms with Gasteiger partial charge < -0.3 is 10.1 Å². The summed E-state index contributed by atoms with van der Waals surface area (Å²) in [4.78, 5) is 11.8. The van der Waals surface area contributed by atoms with Crippen molar-refractivity contribution < 1.29 is 9.53 Å². The lowest BCUT2D eigenvalue weighted by Crippen LogP contribution is -2.52. The Bertz CT molecular complexity index is 432. The van der Waals surface area contributed by atoms with Crippen LogP contribution in [0.3, 0.4) is 0 Å². The maximum atomic E-state index is 11.8. The largest absolute Gasteiger partial charge is 0.484 e. The van der Waals surface area contributed by atoms with E-state index >= 15 is 0 Å². The lowest BCUT2D eigenvalue weighted by atomic mass is 9.69. The molecule has 3 unspecified atom stereocenters. The third-order valence-electron chi connectivity index (χ3n) is 3.87. The minimum atomic E-state index is -0.0506. The maximum absolute atomic E-state index is 11.8. The van der Waals surface area contributed by atoms with Gasteiger partial charge in [0.25, 0.3) is 5.91 Å². The fourth-order valence-corrected chi connectivity index (χ4v) is 2.86. The molecule has 0 spiro atoms. The highest BCUT2D eigenvalue weighted by Gasteiger charge is 2.37. The number of nitrogens with one attached hydrogen (secondary N) is 1. The van der Waals surface area contributed by atoms with Gasteiger partial charge in [-0.15, -0.1) is 0 Å². The van der Waals surface area contributed by atoms with E-state index in [-0.39, 0.29) is 12.5 Å². The molecule has 1 N–H and O–H groups in total. The summed E-state index contributed by atoms with van der Waals surface area (Å²) in [7, 11) is 0. The van der Waals surface area contributed by atoms with Gasteiger partial charge in [0.05, 0.1) is 0 Å². The summed E-state index contributed by atoms with van der Waals surface area (Å²) >= 11 is 5.78. The van der Waals surface area contributed by atoms with Crippen LogP contribution in [0.25, 0.3) is 0 Å². The standard InChI is InChI=1S/C15H20ClNO2/c1-3-13-10(2)8-14(13)17-15(18)9-19-12-6-4-11(16)5-7-12/h4-7,10,13-14H,3,8-9H2,1-2H3,(H,17,18). The second-order valence-electron chi connectivity index (χ2n) is 5.20. The molecule has 1 amide bonds. The van der Waals surface area contributed by atoms with Gasteiger partial charge in [0.1, 0.15) is 5.75 Å². The zero-order chi connectivity index (χ0) is 13.8. The molecule has 0 heterocycles. The molecule has 1 aliphatic carbocycles. The van der Waals surface area contributed by atoms with Crippen molar-refractivity contribution >= 4 is 17.5 Å². The monoisotopic (exact) mass is 281 g/mol. The Morgan fingerprint density at radius 3 is 2.68 bits per heavy atom. The zero-order valence-corrected chi connectivity index (χ0v) is 12.1. The maximum Gasteiger partial charge on any atom is 0.258 e. The number of rotatable bonds is 5. The number of halogens is 1. The van der Waals surface area contributed by atoms with Gasteiger partial charge in [0, 0.05) is 11.1 Å². The van der Waals surface area contributed by atoms with Crippen LogP contribution in [0.5, 0.6) is 5.75 Å². The molecule has 3 nitrogen and oxygen atoms in total. The molecule has 1 aliphatic rings. The van der Waals surface area contributed by atoms with Crippen molar-refractivity contribution in [2.45, 2.75) is 32.7 Å². The number of carbonyl (C=O) groups is 1. The van der Waals surface area contributed by atoms with E-state index in [9.17, 15) is 4.79 Å². The van der Waals surface area contributed by atoms with Crippen molar-refractivity contribution in [3.8, 4) is 5.75 Å².